The van der Waals surface area contributed by atoms with Crippen molar-refractivity contribution in [2.45, 2.75) is 26.8 Å². The lowest BCUT2D eigenvalue weighted by molar-refractivity contribution is 0.0940. The summed E-state index contributed by atoms with van der Waals surface area (Å²) in [5.74, 6) is -0.160. The third-order valence-corrected chi connectivity index (χ3v) is 4.87. The lowest BCUT2D eigenvalue weighted by Crippen LogP contribution is -2.27. The third kappa shape index (κ3) is 3.43. The number of rotatable bonds is 3. The number of carbonyl (C=O) groups is 1. The highest BCUT2D eigenvalue weighted by atomic mass is 79.9. The zero-order valence-corrected chi connectivity index (χ0v) is 14.6. The summed E-state index contributed by atoms with van der Waals surface area (Å²) < 4.78 is 0.835. The zero-order chi connectivity index (χ0) is 14.9. The number of aryl methyl sites for hydroxylation is 2. The molecule has 2 aromatic rings. The summed E-state index contributed by atoms with van der Waals surface area (Å²) in [6.45, 7) is 6.13. The van der Waals surface area contributed by atoms with Crippen molar-refractivity contribution in [3.8, 4) is 0 Å². The average molecular weight is 373 g/mol. The second-order valence-electron chi connectivity index (χ2n) is 4.69. The standard InChI is InChI=1S/C15H15BrClNOS/c1-8-6-12(10(3)20-8)9(2)18-15(19)13-7-11(16)4-5-14(13)17/h4-7,9H,1-3H3,(H,18,19). The molecule has 1 aromatic carbocycles. The first-order valence-corrected chi connectivity index (χ1v) is 8.20. The Labute approximate surface area is 136 Å². The molecule has 1 amide bonds. The predicted molar refractivity (Wildman–Crippen MR) is 88.8 cm³/mol. The normalized spacial score (nSPS) is 12.2. The van der Waals surface area contributed by atoms with Gasteiger partial charge < -0.3 is 5.32 Å². The molecule has 0 bridgehead atoms. The minimum atomic E-state index is -0.160. The highest BCUT2D eigenvalue weighted by Crippen LogP contribution is 2.27. The van der Waals surface area contributed by atoms with Gasteiger partial charge in [0.15, 0.2) is 0 Å². The minimum Gasteiger partial charge on any atom is -0.345 e. The van der Waals surface area contributed by atoms with Gasteiger partial charge in [0.05, 0.1) is 16.6 Å². The monoisotopic (exact) mass is 371 g/mol. The summed E-state index contributed by atoms with van der Waals surface area (Å²) >= 11 is 11.2. The molecular formula is C15H15BrClNOS. The lowest BCUT2D eigenvalue weighted by Gasteiger charge is -2.14. The molecule has 0 aliphatic carbocycles. The topological polar surface area (TPSA) is 29.1 Å². The number of benzene rings is 1. The quantitative estimate of drug-likeness (QED) is 0.781. The van der Waals surface area contributed by atoms with Crippen LogP contribution >= 0.6 is 38.9 Å². The molecule has 0 saturated carbocycles. The number of carbonyl (C=O) groups excluding carboxylic acids is 1. The first-order chi connectivity index (χ1) is 9.38. The van der Waals surface area contributed by atoms with Gasteiger partial charge in [-0.15, -0.1) is 11.3 Å². The summed E-state index contributed by atoms with van der Waals surface area (Å²) in [7, 11) is 0. The Morgan fingerprint density at radius 2 is 2.05 bits per heavy atom. The molecule has 20 heavy (non-hydrogen) atoms. The lowest BCUT2D eigenvalue weighted by atomic mass is 10.1. The van der Waals surface area contributed by atoms with Crippen LogP contribution in [0.1, 0.15) is 38.6 Å². The van der Waals surface area contributed by atoms with E-state index in [4.69, 9.17) is 11.6 Å². The van der Waals surface area contributed by atoms with Gasteiger partial charge in [-0.1, -0.05) is 27.5 Å². The van der Waals surface area contributed by atoms with Crippen LogP contribution in [-0.2, 0) is 0 Å². The molecule has 1 aromatic heterocycles. The molecule has 0 aliphatic heterocycles. The van der Waals surface area contributed by atoms with E-state index in [1.165, 1.54) is 9.75 Å². The van der Waals surface area contributed by atoms with E-state index in [1.54, 1.807) is 23.5 Å². The van der Waals surface area contributed by atoms with Crippen LogP contribution in [0.3, 0.4) is 0 Å². The highest BCUT2D eigenvalue weighted by molar-refractivity contribution is 9.10. The van der Waals surface area contributed by atoms with E-state index in [0.717, 1.165) is 10.0 Å². The molecule has 1 N–H and O–H groups in total. The van der Waals surface area contributed by atoms with E-state index in [2.05, 4.69) is 41.2 Å². The van der Waals surface area contributed by atoms with Crippen molar-refractivity contribution < 1.29 is 4.79 Å². The maximum absolute atomic E-state index is 12.3. The van der Waals surface area contributed by atoms with Gasteiger partial charge in [0.2, 0.25) is 0 Å². The van der Waals surface area contributed by atoms with Crippen molar-refractivity contribution in [1.29, 1.82) is 0 Å². The molecular weight excluding hydrogens is 358 g/mol. The van der Waals surface area contributed by atoms with Crippen molar-refractivity contribution in [2.75, 3.05) is 0 Å². The summed E-state index contributed by atoms with van der Waals surface area (Å²) in [6.07, 6.45) is 0. The van der Waals surface area contributed by atoms with Gasteiger partial charge in [-0.3, -0.25) is 4.79 Å². The van der Waals surface area contributed by atoms with Crippen LogP contribution in [0, 0.1) is 13.8 Å². The molecule has 106 valence electrons. The smallest absolute Gasteiger partial charge is 0.253 e. The van der Waals surface area contributed by atoms with Crippen LogP contribution in [0.25, 0.3) is 0 Å². The van der Waals surface area contributed by atoms with Gasteiger partial charge in [-0.25, -0.2) is 0 Å². The Kier molecular flexibility index (Phi) is 4.89. The van der Waals surface area contributed by atoms with Gasteiger partial charge in [-0.05, 0) is 50.6 Å². The highest BCUT2D eigenvalue weighted by Gasteiger charge is 2.17. The molecule has 2 rings (SSSR count). The first kappa shape index (κ1) is 15.5. The van der Waals surface area contributed by atoms with Gasteiger partial charge in [0.1, 0.15) is 0 Å². The molecule has 0 aliphatic rings. The fourth-order valence-electron chi connectivity index (χ4n) is 2.10. The number of nitrogens with one attached hydrogen (secondary N) is 1. The molecule has 1 atom stereocenters. The van der Waals surface area contributed by atoms with Crippen LogP contribution in [0.2, 0.25) is 5.02 Å². The molecule has 1 unspecified atom stereocenters. The zero-order valence-electron chi connectivity index (χ0n) is 11.5. The second kappa shape index (κ2) is 6.29. The molecule has 0 radical (unpaired) electrons. The number of halogens is 2. The fourth-order valence-corrected chi connectivity index (χ4v) is 3.69. The van der Waals surface area contributed by atoms with Crippen LogP contribution in [0.15, 0.2) is 28.7 Å². The van der Waals surface area contributed by atoms with Gasteiger partial charge in [-0.2, -0.15) is 0 Å². The SMILES string of the molecule is Cc1cc(C(C)NC(=O)c2cc(Br)ccc2Cl)c(C)s1. The molecule has 0 saturated heterocycles. The van der Waals surface area contributed by atoms with Crippen molar-refractivity contribution in [2.24, 2.45) is 0 Å². The minimum absolute atomic E-state index is 0.0394. The molecule has 5 heteroatoms. The van der Waals surface area contributed by atoms with Crippen molar-refractivity contribution >= 4 is 44.8 Å². The Hall–Kier alpha value is -0.840. The Morgan fingerprint density at radius 3 is 2.65 bits per heavy atom. The second-order valence-corrected chi connectivity index (χ2v) is 7.47. The number of thiophene rings is 1. The maximum Gasteiger partial charge on any atom is 0.253 e. The number of hydrogen-bond donors (Lipinski definition) is 1. The van der Waals surface area contributed by atoms with Crippen LogP contribution in [0.4, 0.5) is 0 Å². The third-order valence-electron chi connectivity index (χ3n) is 3.07. The summed E-state index contributed by atoms with van der Waals surface area (Å²) in [5, 5.41) is 3.45. The number of amides is 1. The van der Waals surface area contributed by atoms with E-state index >= 15 is 0 Å². The Morgan fingerprint density at radius 1 is 1.35 bits per heavy atom. The number of hydrogen-bond acceptors (Lipinski definition) is 2. The predicted octanol–water partition coefficient (Wildman–Crippen LogP) is 5.27. The average Bonchev–Trinajstić information content (AvgIpc) is 2.71. The van der Waals surface area contributed by atoms with E-state index in [-0.39, 0.29) is 11.9 Å². The largest absolute Gasteiger partial charge is 0.345 e. The van der Waals surface area contributed by atoms with Crippen molar-refractivity contribution in [3.05, 3.63) is 54.6 Å². The Bertz CT molecular complexity index is 653. The van der Waals surface area contributed by atoms with E-state index in [1.807, 2.05) is 13.0 Å². The van der Waals surface area contributed by atoms with E-state index in [9.17, 15) is 4.79 Å². The Balaban J connectivity index is 2.19. The van der Waals surface area contributed by atoms with Crippen LogP contribution in [-0.4, -0.2) is 5.91 Å². The van der Waals surface area contributed by atoms with E-state index < -0.39 is 0 Å². The van der Waals surface area contributed by atoms with Crippen LogP contribution < -0.4 is 5.32 Å². The van der Waals surface area contributed by atoms with Gasteiger partial charge in [0.25, 0.3) is 5.91 Å². The molecule has 0 fully saturated rings. The fraction of sp³-hybridized carbons (Fsp3) is 0.267. The first-order valence-electron chi connectivity index (χ1n) is 6.21. The van der Waals surface area contributed by atoms with Gasteiger partial charge >= 0.3 is 0 Å². The van der Waals surface area contributed by atoms with Crippen molar-refractivity contribution in [3.63, 3.8) is 0 Å². The summed E-state index contributed by atoms with van der Waals surface area (Å²) in [6, 6.07) is 7.34. The van der Waals surface area contributed by atoms with Gasteiger partial charge in [0, 0.05) is 14.2 Å². The summed E-state index contributed by atoms with van der Waals surface area (Å²) in [5.41, 5.74) is 1.64. The summed E-state index contributed by atoms with van der Waals surface area (Å²) in [4.78, 5) is 14.8. The van der Waals surface area contributed by atoms with Crippen LogP contribution in [0.5, 0.6) is 0 Å². The molecule has 2 nitrogen and oxygen atoms in total. The van der Waals surface area contributed by atoms with Crippen molar-refractivity contribution in [1.82, 2.24) is 5.32 Å². The molecule has 1 heterocycles. The van der Waals surface area contributed by atoms with E-state index in [0.29, 0.717) is 10.6 Å². The molecule has 0 spiro atoms. The maximum atomic E-state index is 12.3.